The van der Waals surface area contributed by atoms with Crippen LogP contribution in [0.4, 0.5) is 0 Å². The van der Waals surface area contributed by atoms with E-state index in [1.165, 1.54) is 11.1 Å². The molecule has 0 saturated carbocycles. The minimum Gasteiger partial charge on any atom is -0.493 e. The molecule has 2 heteroatoms. The van der Waals surface area contributed by atoms with Crippen LogP contribution in [0.3, 0.4) is 0 Å². The highest BCUT2D eigenvalue weighted by molar-refractivity contribution is 5.38. The fraction of sp³-hybridized carbons (Fsp3) is 0.368. The van der Waals surface area contributed by atoms with Crippen molar-refractivity contribution in [3.05, 3.63) is 65.7 Å². The average Bonchev–Trinajstić information content (AvgIpc) is 2.56. The standard InChI is InChI=1S/C19H23NO/c1-2-18(15-8-4-3-5-9-15)20-14-16-12-13-21-19-11-7-6-10-17(16)19/h3-11,16,18,20H,2,12-14H2,1H3. The van der Waals surface area contributed by atoms with Crippen LogP contribution in [0.2, 0.25) is 0 Å². The summed E-state index contributed by atoms with van der Waals surface area (Å²) in [7, 11) is 0. The first kappa shape index (κ1) is 14.2. The van der Waals surface area contributed by atoms with Crippen LogP contribution >= 0.6 is 0 Å². The molecule has 110 valence electrons. The van der Waals surface area contributed by atoms with Crippen molar-refractivity contribution in [2.24, 2.45) is 0 Å². The van der Waals surface area contributed by atoms with E-state index in [1.54, 1.807) is 0 Å². The van der Waals surface area contributed by atoms with E-state index in [-0.39, 0.29) is 0 Å². The monoisotopic (exact) mass is 281 g/mol. The van der Waals surface area contributed by atoms with Gasteiger partial charge < -0.3 is 10.1 Å². The molecule has 0 aliphatic carbocycles. The molecule has 2 aromatic rings. The first-order valence-corrected chi connectivity index (χ1v) is 7.88. The van der Waals surface area contributed by atoms with Gasteiger partial charge in [0.1, 0.15) is 5.75 Å². The van der Waals surface area contributed by atoms with Crippen molar-refractivity contribution >= 4 is 0 Å². The SMILES string of the molecule is CCC(NCC1CCOc2ccccc21)c1ccccc1. The van der Waals surface area contributed by atoms with Crippen LogP contribution < -0.4 is 10.1 Å². The smallest absolute Gasteiger partial charge is 0.122 e. The van der Waals surface area contributed by atoms with E-state index in [4.69, 9.17) is 4.74 Å². The number of para-hydroxylation sites is 1. The third-order valence-electron chi connectivity index (χ3n) is 4.30. The Labute approximate surface area is 127 Å². The molecule has 1 heterocycles. The molecular weight excluding hydrogens is 258 g/mol. The summed E-state index contributed by atoms with van der Waals surface area (Å²) in [6, 6.07) is 19.6. The second-order valence-electron chi connectivity index (χ2n) is 5.65. The molecule has 2 nitrogen and oxygen atoms in total. The molecule has 0 amide bonds. The van der Waals surface area contributed by atoms with Crippen molar-refractivity contribution in [2.45, 2.75) is 31.7 Å². The maximum absolute atomic E-state index is 5.74. The van der Waals surface area contributed by atoms with Crippen LogP contribution in [0.15, 0.2) is 54.6 Å². The van der Waals surface area contributed by atoms with E-state index in [1.807, 2.05) is 6.07 Å². The molecule has 2 unspecified atom stereocenters. The van der Waals surface area contributed by atoms with Gasteiger partial charge in [-0.1, -0.05) is 55.5 Å². The number of rotatable bonds is 5. The molecule has 0 fully saturated rings. The van der Waals surface area contributed by atoms with E-state index in [9.17, 15) is 0 Å². The summed E-state index contributed by atoms with van der Waals surface area (Å²) in [6.07, 6.45) is 2.20. The first-order chi connectivity index (χ1) is 10.4. The van der Waals surface area contributed by atoms with Gasteiger partial charge >= 0.3 is 0 Å². The lowest BCUT2D eigenvalue weighted by atomic mass is 9.92. The second-order valence-corrected chi connectivity index (χ2v) is 5.65. The maximum atomic E-state index is 5.74. The Morgan fingerprint density at radius 3 is 2.67 bits per heavy atom. The van der Waals surface area contributed by atoms with Gasteiger partial charge in [0.05, 0.1) is 6.61 Å². The van der Waals surface area contributed by atoms with E-state index < -0.39 is 0 Å². The van der Waals surface area contributed by atoms with Crippen molar-refractivity contribution in [3.63, 3.8) is 0 Å². The zero-order valence-electron chi connectivity index (χ0n) is 12.6. The first-order valence-electron chi connectivity index (χ1n) is 7.88. The summed E-state index contributed by atoms with van der Waals surface area (Å²) < 4.78 is 5.74. The molecule has 21 heavy (non-hydrogen) atoms. The van der Waals surface area contributed by atoms with Crippen molar-refractivity contribution in [2.75, 3.05) is 13.2 Å². The number of fused-ring (bicyclic) bond motifs is 1. The van der Waals surface area contributed by atoms with Gasteiger partial charge in [0.2, 0.25) is 0 Å². The van der Waals surface area contributed by atoms with E-state index >= 15 is 0 Å². The molecule has 0 aromatic heterocycles. The van der Waals surface area contributed by atoms with Crippen LogP contribution in [-0.4, -0.2) is 13.2 Å². The fourth-order valence-electron chi connectivity index (χ4n) is 3.10. The van der Waals surface area contributed by atoms with Gasteiger partial charge in [-0.15, -0.1) is 0 Å². The minimum atomic E-state index is 0.432. The molecule has 1 N–H and O–H groups in total. The van der Waals surface area contributed by atoms with E-state index in [0.717, 1.165) is 31.7 Å². The lowest BCUT2D eigenvalue weighted by Gasteiger charge is -2.28. The highest BCUT2D eigenvalue weighted by Gasteiger charge is 2.21. The van der Waals surface area contributed by atoms with Crippen molar-refractivity contribution < 1.29 is 4.74 Å². The van der Waals surface area contributed by atoms with Crippen molar-refractivity contribution in [3.8, 4) is 5.75 Å². The molecular formula is C19H23NO. The van der Waals surface area contributed by atoms with Crippen LogP contribution in [0, 0.1) is 0 Å². The minimum absolute atomic E-state index is 0.432. The molecule has 0 spiro atoms. The third-order valence-corrected chi connectivity index (χ3v) is 4.30. The Kier molecular flexibility index (Phi) is 4.56. The van der Waals surface area contributed by atoms with Crippen LogP contribution in [0.1, 0.15) is 42.9 Å². The quantitative estimate of drug-likeness (QED) is 0.882. The van der Waals surface area contributed by atoms with Gasteiger partial charge in [0.25, 0.3) is 0 Å². The summed E-state index contributed by atoms with van der Waals surface area (Å²) in [5, 5.41) is 3.74. The zero-order chi connectivity index (χ0) is 14.5. The molecule has 0 bridgehead atoms. The van der Waals surface area contributed by atoms with Gasteiger partial charge in [-0.3, -0.25) is 0 Å². The molecule has 0 radical (unpaired) electrons. The van der Waals surface area contributed by atoms with Gasteiger partial charge in [-0.05, 0) is 30.0 Å². The van der Waals surface area contributed by atoms with Crippen molar-refractivity contribution in [1.82, 2.24) is 5.32 Å². The molecule has 1 aliphatic heterocycles. The largest absolute Gasteiger partial charge is 0.493 e. The topological polar surface area (TPSA) is 21.3 Å². The lowest BCUT2D eigenvalue weighted by Crippen LogP contribution is -2.29. The molecule has 3 rings (SSSR count). The summed E-state index contributed by atoms with van der Waals surface area (Å²) in [5.74, 6) is 1.61. The van der Waals surface area contributed by atoms with Crippen LogP contribution in [0.5, 0.6) is 5.75 Å². The number of ether oxygens (including phenoxy) is 1. The second kappa shape index (κ2) is 6.77. The van der Waals surface area contributed by atoms with Crippen molar-refractivity contribution in [1.29, 1.82) is 0 Å². The fourth-order valence-corrected chi connectivity index (χ4v) is 3.10. The Hall–Kier alpha value is -1.80. The molecule has 1 aliphatic rings. The number of benzene rings is 2. The Bertz CT molecular complexity index is 567. The Morgan fingerprint density at radius 1 is 1.10 bits per heavy atom. The summed E-state index contributed by atoms with van der Waals surface area (Å²) in [4.78, 5) is 0. The van der Waals surface area contributed by atoms with Crippen LogP contribution in [0.25, 0.3) is 0 Å². The summed E-state index contributed by atoms with van der Waals surface area (Å²) in [6.45, 7) is 4.07. The molecule has 0 saturated heterocycles. The normalized spacial score (nSPS) is 18.6. The summed E-state index contributed by atoms with van der Waals surface area (Å²) in [5.41, 5.74) is 2.72. The number of hydrogen-bond donors (Lipinski definition) is 1. The third kappa shape index (κ3) is 3.27. The Balaban J connectivity index is 1.68. The van der Waals surface area contributed by atoms with Gasteiger partial charge in [-0.2, -0.15) is 0 Å². The molecule has 2 aromatic carbocycles. The van der Waals surface area contributed by atoms with Gasteiger partial charge in [0, 0.05) is 18.5 Å². The lowest BCUT2D eigenvalue weighted by molar-refractivity contribution is 0.262. The maximum Gasteiger partial charge on any atom is 0.122 e. The summed E-state index contributed by atoms with van der Waals surface area (Å²) >= 11 is 0. The van der Waals surface area contributed by atoms with Crippen LogP contribution in [-0.2, 0) is 0 Å². The van der Waals surface area contributed by atoms with Gasteiger partial charge in [0.15, 0.2) is 0 Å². The average molecular weight is 281 g/mol. The number of hydrogen-bond acceptors (Lipinski definition) is 2. The molecule has 2 atom stereocenters. The predicted molar refractivity (Wildman–Crippen MR) is 86.8 cm³/mol. The number of nitrogens with one attached hydrogen (secondary N) is 1. The Morgan fingerprint density at radius 2 is 1.86 bits per heavy atom. The van der Waals surface area contributed by atoms with E-state index in [2.05, 4.69) is 60.8 Å². The van der Waals surface area contributed by atoms with E-state index in [0.29, 0.717) is 12.0 Å². The highest BCUT2D eigenvalue weighted by atomic mass is 16.5. The zero-order valence-corrected chi connectivity index (χ0v) is 12.6. The predicted octanol–water partition coefficient (Wildman–Crippen LogP) is 4.29. The highest BCUT2D eigenvalue weighted by Crippen LogP contribution is 2.33. The van der Waals surface area contributed by atoms with Gasteiger partial charge in [-0.25, -0.2) is 0 Å².